The van der Waals surface area contributed by atoms with E-state index in [2.05, 4.69) is 17.2 Å². The third-order valence-corrected chi connectivity index (χ3v) is 5.04. The van der Waals surface area contributed by atoms with E-state index in [1.165, 1.54) is 28.2 Å². The van der Waals surface area contributed by atoms with Crippen molar-refractivity contribution in [3.8, 4) is 0 Å². The van der Waals surface area contributed by atoms with E-state index in [0.29, 0.717) is 5.13 Å². The van der Waals surface area contributed by atoms with Gasteiger partial charge < -0.3 is 0 Å². The summed E-state index contributed by atoms with van der Waals surface area (Å²) in [5.41, 5.74) is 2.10. The molecular weight excluding hydrogens is 264 g/mol. The smallest absolute Gasteiger partial charge is 0.258 e. The average molecular weight is 278 g/mol. The fraction of sp³-hybridized carbons (Fsp3) is 0.385. The fourth-order valence-electron chi connectivity index (χ4n) is 2.32. The standard InChI is InChI=1S/C13H14N2OS2/c1-8-2-3-9-10(7-18-11(9)6-8)12(16)15-13-14-4-5-17-13/h4-5,7-8H,2-3,6H2,1H3,(H,14,15,16)/t8-/m1/s1. The van der Waals surface area contributed by atoms with Gasteiger partial charge in [0.2, 0.25) is 0 Å². The van der Waals surface area contributed by atoms with Gasteiger partial charge in [-0.1, -0.05) is 6.92 Å². The van der Waals surface area contributed by atoms with Gasteiger partial charge >= 0.3 is 0 Å². The van der Waals surface area contributed by atoms with E-state index >= 15 is 0 Å². The van der Waals surface area contributed by atoms with Gasteiger partial charge in [0, 0.05) is 21.8 Å². The van der Waals surface area contributed by atoms with Crippen LogP contribution in [0.3, 0.4) is 0 Å². The van der Waals surface area contributed by atoms with Crippen molar-refractivity contribution in [2.75, 3.05) is 5.32 Å². The second kappa shape index (κ2) is 4.82. The summed E-state index contributed by atoms with van der Waals surface area (Å²) in [6.45, 7) is 2.28. The molecule has 94 valence electrons. The number of amides is 1. The molecule has 3 nitrogen and oxygen atoms in total. The Morgan fingerprint density at radius 3 is 3.17 bits per heavy atom. The number of fused-ring (bicyclic) bond motifs is 1. The van der Waals surface area contributed by atoms with Gasteiger partial charge in [-0.2, -0.15) is 0 Å². The van der Waals surface area contributed by atoms with Crippen LogP contribution in [0, 0.1) is 5.92 Å². The summed E-state index contributed by atoms with van der Waals surface area (Å²) in [5, 5.41) is 7.38. The van der Waals surface area contributed by atoms with Crippen LogP contribution in [0.1, 0.15) is 34.1 Å². The van der Waals surface area contributed by atoms with Crippen LogP contribution >= 0.6 is 22.7 Å². The lowest BCUT2D eigenvalue weighted by Gasteiger charge is -2.18. The predicted molar refractivity (Wildman–Crippen MR) is 75.6 cm³/mol. The summed E-state index contributed by atoms with van der Waals surface area (Å²) in [6.07, 6.45) is 5.03. The first kappa shape index (κ1) is 11.9. The highest BCUT2D eigenvalue weighted by Crippen LogP contribution is 2.33. The summed E-state index contributed by atoms with van der Waals surface area (Å²) in [4.78, 5) is 17.7. The van der Waals surface area contributed by atoms with Gasteiger partial charge in [-0.25, -0.2) is 4.98 Å². The van der Waals surface area contributed by atoms with Crippen LogP contribution in [0.2, 0.25) is 0 Å². The third kappa shape index (κ3) is 2.20. The molecule has 0 unspecified atom stereocenters. The molecule has 2 aromatic heterocycles. The summed E-state index contributed by atoms with van der Waals surface area (Å²) >= 11 is 3.17. The van der Waals surface area contributed by atoms with Gasteiger partial charge in [0.1, 0.15) is 0 Å². The topological polar surface area (TPSA) is 42.0 Å². The Morgan fingerprint density at radius 2 is 2.39 bits per heavy atom. The van der Waals surface area contributed by atoms with Crippen molar-refractivity contribution in [1.29, 1.82) is 0 Å². The average Bonchev–Trinajstić information content (AvgIpc) is 2.97. The molecule has 0 saturated carbocycles. The first-order valence-corrected chi connectivity index (χ1v) is 7.80. The number of thiazole rings is 1. The summed E-state index contributed by atoms with van der Waals surface area (Å²) in [6, 6.07) is 0. The van der Waals surface area contributed by atoms with Gasteiger partial charge in [-0.3, -0.25) is 10.1 Å². The fourth-order valence-corrected chi connectivity index (χ4v) is 4.09. The van der Waals surface area contributed by atoms with Crippen molar-refractivity contribution in [2.45, 2.75) is 26.2 Å². The molecule has 2 aromatic rings. The Morgan fingerprint density at radius 1 is 1.50 bits per heavy atom. The molecule has 1 atom stereocenters. The monoisotopic (exact) mass is 278 g/mol. The van der Waals surface area contributed by atoms with E-state index in [9.17, 15) is 4.79 Å². The van der Waals surface area contributed by atoms with Gasteiger partial charge in [0.15, 0.2) is 5.13 Å². The molecule has 0 fully saturated rings. The van der Waals surface area contributed by atoms with Crippen molar-refractivity contribution >= 4 is 33.7 Å². The quantitative estimate of drug-likeness (QED) is 0.912. The number of hydrogen-bond donors (Lipinski definition) is 1. The Hall–Kier alpha value is -1.20. The molecule has 0 spiro atoms. The van der Waals surface area contributed by atoms with E-state index in [1.807, 2.05) is 10.8 Å². The van der Waals surface area contributed by atoms with Gasteiger partial charge in [0.25, 0.3) is 5.91 Å². The van der Waals surface area contributed by atoms with Gasteiger partial charge in [-0.15, -0.1) is 22.7 Å². The minimum atomic E-state index is -0.0167. The van der Waals surface area contributed by atoms with E-state index in [-0.39, 0.29) is 5.91 Å². The largest absolute Gasteiger partial charge is 0.298 e. The molecule has 0 aliphatic heterocycles. The van der Waals surface area contributed by atoms with Gasteiger partial charge in [-0.05, 0) is 30.7 Å². The van der Waals surface area contributed by atoms with Crippen molar-refractivity contribution < 1.29 is 4.79 Å². The zero-order valence-corrected chi connectivity index (χ0v) is 11.7. The predicted octanol–water partition coefficient (Wildman–Crippen LogP) is 3.58. The molecule has 5 heteroatoms. The first-order chi connectivity index (χ1) is 8.74. The molecule has 1 aliphatic carbocycles. The Balaban J connectivity index is 1.82. The number of thiophene rings is 1. The van der Waals surface area contributed by atoms with Crippen molar-refractivity contribution in [3.63, 3.8) is 0 Å². The lowest BCUT2D eigenvalue weighted by Crippen LogP contribution is -2.16. The van der Waals surface area contributed by atoms with E-state index in [4.69, 9.17) is 0 Å². The minimum absolute atomic E-state index is 0.0167. The van der Waals surface area contributed by atoms with Gasteiger partial charge in [0.05, 0.1) is 5.56 Å². The maximum atomic E-state index is 12.2. The van der Waals surface area contributed by atoms with Crippen LogP contribution in [0.25, 0.3) is 0 Å². The lowest BCUT2D eigenvalue weighted by atomic mass is 9.88. The molecule has 1 N–H and O–H groups in total. The number of aromatic nitrogens is 1. The van der Waals surface area contributed by atoms with Crippen molar-refractivity contribution in [3.05, 3.63) is 33.0 Å². The number of carbonyl (C=O) groups excluding carboxylic acids is 1. The molecule has 1 amide bonds. The second-order valence-corrected chi connectivity index (χ2v) is 6.55. The van der Waals surface area contributed by atoms with Crippen LogP contribution in [0.4, 0.5) is 5.13 Å². The number of carbonyl (C=O) groups is 1. The van der Waals surface area contributed by atoms with Crippen molar-refractivity contribution in [1.82, 2.24) is 4.98 Å². The zero-order chi connectivity index (χ0) is 12.5. The summed E-state index contributed by atoms with van der Waals surface area (Å²) in [5.74, 6) is 0.725. The molecule has 0 saturated heterocycles. The molecule has 3 rings (SSSR count). The number of rotatable bonds is 2. The summed E-state index contributed by atoms with van der Waals surface area (Å²) < 4.78 is 0. The lowest BCUT2D eigenvalue weighted by molar-refractivity contribution is 0.102. The normalized spacial score (nSPS) is 18.4. The maximum absolute atomic E-state index is 12.2. The summed E-state index contributed by atoms with van der Waals surface area (Å²) in [7, 11) is 0. The van der Waals surface area contributed by atoms with Crippen molar-refractivity contribution in [2.24, 2.45) is 5.92 Å². The number of hydrogen-bond acceptors (Lipinski definition) is 4. The van der Waals surface area contributed by atoms with E-state index < -0.39 is 0 Å². The molecule has 0 radical (unpaired) electrons. The molecule has 1 aliphatic rings. The highest BCUT2D eigenvalue weighted by atomic mass is 32.1. The Bertz CT molecular complexity index is 560. The second-order valence-electron chi connectivity index (χ2n) is 4.69. The van der Waals surface area contributed by atoms with Crippen LogP contribution in [0.5, 0.6) is 0 Å². The maximum Gasteiger partial charge on any atom is 0.258 e. The number of anilines is 1. The Kier molecular flexibility index (Phi) is 3.18. The molecule has 0 aromatic carbocycles. The highest BCUT2D eigenvalue weighted by molar-refractivity contribution is 7.13. The number of nitrogens with one attached hydrogen (secondary N) is 1. The van der Waals surface area contributed by atoms with E-state index in [1.54, 1.807) is 17.5 Å². The zero-order valence-electron chi connectivity index (χ0n) is 10.1. The van der Waals surface area contributed by atoms with E-state index in [0.717, 1.165) is 24.3 Å². The van der Waals surface area contributed by atoms with Crippen LogP contribution in [-0.4, -0.2) is 10.9 Å². The number of nitrogens with zero attached hydrogens (tertiary/aromatic N) is 1. The first-order valence-electron chi connectivity index (χ1n) is 6.04. The molecule has 18 heavy (non-hydrogen) atoms. The van der Waals surface area contributed by atoms with Crippen LogP contribution in [0.15, 0.2) is 17.0 Å². The minimum Gasteiger partial charge on any atom is -0.298 e. The molecular formula is C13H14N2OS2. The molecule has 2 heterocycles. The highest BCUT2D eigenvalue weighted by Gasteiger charge is 2.23. The Labute approximate surface area is 114 Å². The van der Waals surface area contributed by atoms with Crippen LogP contribution < -0.4 is 5.32 Å². The SMILES string of the molecule is C[C@@H]1CCc2c(C(=O)Nc3nccs3)csc2C1. The van der Waals surface area contributed by atoms with Crippen LogP contribution in [-0.2, 0) is 12.8 Å². The molecule has 0 bridgehead atoms. The third-order valence-electron chi connectivity index (χ3n) is 3.30.